The minimum Gasteiger partial charge on any atom is -0.496 e. The van der Waals surface area contributed by atoms with Crippen LogP contribution < -0.4 is 15.8 Å². The molecule has 0 aliphatic heterocycles. The van der Waals surface area contributed by atoms with Crippen LogP contribution >= 0.6 is 24.0 Å². The number of hydrogen-bond acceptors (Lipinski definition) is 3. The van der Waals surface area contributed by atoms with E-state index in [9.17, 15) is 4.79 Å². The van der Waals surface area contributed by atoms with E-state index in [1.165, 1.54) is 7.11 Å². The molecule has 1 amide bonds. The zero-order valence-corrected chi connectivity index (χ0v) is 12.3. The molecule has 1 unspecified atom stereocenters. The SMILES string of the molecule is COc1cccc(Cl)c1C(=O)NCC(N)C1CC1.Cl. The zero-order chi connectivity index (χ0) is 13.1. The first kappa shape index (κ1) is 16.1. The van der Waals surface area contributed by atoms with Gasteiger partial charge in [0.15, 0.2) is 0 Å². The van der Waals surface area contributed by atoms with Crippen molar-refractivity contribution in [2.75, 3.05) is 13.7 Å². The Morgan fingerprint density at radius 2 is 2.26 bits per heavy atom. The van der Waals surface area contributed by atoms with E-state index in [4.69, 9.17) is 22.1 Å². The largest absolute Gasteiger partial charge is 0.496 e. The lowest BCUT2D eigenvalue weighted by Gasteiger charge is -2.14. The number of methoxy groups -OCH3 is 1. The molecule has 6 heteroatoms. The van der Waals surface area contributed by atoms with Gasteiger partial charge in [0.1, 0.15) is 5.75 Å². The normalized spacial score (nSPS) is 15.3. The number of benzene rings is 1. The van der Waals surface area contributed by atoms with Crippen molar-refractivity contribution in [3.63, 3.8) is 0 Å². The molecule has 0 aromatic heterocycles. The molecule has 3 N–H and O–H groups in total. The number of nitrogens with two attached hydrogens (primary N) is 1. The average molecular weight is 305 g/mol. The number of halogens is 2. The molecule has 1 aliphatic rings. The first-order chi connectivity index (χ1) is 8.63. The fourth-order valence-electron chi connectivity index (χ4n) is 1.88. The summed E-state index contributed by atoms with van der Waals surface area (Å²) in [7, 11) is 1.51. The Morgan fingerprint density at radius 1 is 1.58 bits per heavy atom. The lowest BCUT2D eigenvalue weighted by Crippen LogP contribution is -2.38. The summed E-state index contributed by atoms with van der Waals surface area (Å²) in [6, 6.07) is 5.15. The first-order valence-corrected chi connectivity index (χ1v) is 6.37. The third kappa shape index (κ3) is 4.00. The van der Waals surface area contributed by atoms with E-state index in [2.05, 4.69) is 5.32 Å². The van der Waals surface area contributed by atoms with Gasteiger partial charge in [0.25, 0.3) is 5.91 Å². The average Bonchev–Trinajstić information content (AvgIpc) is 3.19. The molecular formula is C13H18Cl2N2O2. The van der Waals surface area contributed by atoms with Crippen molar-refractivity contribution < 1.29 is 9.53 Å². The molecule has 0 bridgehead atoms. The lowest BCUT2D eigenvalue weighted by molar-refractivity contribution is 0.0947. The van der Waals surface area contributed by atoms with Crippen LogP contribution in [-0.4, -0.2) is 25.6 Å². The van der Waals surface area contributed by atoms with Crippen LogP contribution in [0.2, 0.25) is 5.02 Å². The molecule has 19 heavy (non-hydrogen) atoms. The van der Waals surface area contributed by atoms with Gasteiger partial charge in [-0.05, 0) is 30.9 Å². The maximum Gasteiger partial charge on any atom is 0.256 e. The third-order valence-electron chi connectivity index (χ3n) is 3.15. The van der Waals surface area contributed by atoms with Crippen LogP contribution in [0.1, 0.15) is 23.2 Å². The van der Waals surface area contributed by atoms with Crippen LogP contribution in [0.15, 0.2) is 18.2 Å². The highest BCUT2D eigenvalue weighted by atomic mass is 35.5. The highest BCUT2D eigenvalue weighted by Gasteiger charge is 2.28. The lowest BCUT2D eigenvalue weighted by atomic mass is 10.1. The Kier molecular flexibility index (Phi) is 5.91. The third-order valence-corrected chi connectivity index (χ3v) is 3.46. The summed E-state index contributed by atoms with van der Waals surface area (Å²) in [6.45, 7) is 0.470. The second-order valence-corrected chi connectivity index (χ2v) is 4.94. The van der Waals surface area contributed by atoms with Crippen molar-refractivity contribution in [2.45, 2.75) is 18.9 Å². The smallest absolute Gasteiger partial charge is 0.256 e. The van der Waals surface area contributed by atoms with Gasteiger partial charge < -0.3 is 15.8 Å². The summed E-state index contributed by atoms with van der Waals surface area (Å²) >= 11 is 6.02. The summed E-state index contributed by atoms with van der Waals surface area (Å²) in [5.41, 5.74) is 6.30. The maximum absolute atomic E-state index is 12.1. The van der Waals surface area contributed by atoms with Crippen molar-refractivity contribution >= 4 is 29.9 Å². The predicted octanol–water partition coefficient (Wildman–Crippen LogP) is 2.24. The molecule has 1 atom stereocenters. The van der Waals surface area contributed by atoms with E-state index in [1.807, 2.05) is 0 Å². The highest BCUT2D eigenvalue weighted by Crippen LogP contribution is 2.31. The Bertz CT molecular complexity index is 450. The summed E-state index contributed by atoms with van der Waals surface area (Å²) in [6.07, 6.45) is 2.32. The van der Waals surface area contributed by atoms with Gasteiger partial charge in [0, 0.05) is 12.6 Å². The van der Waals surface area contributed by atoms with Gasteiger partial charge in [0.05, 0.1) is 17.7 Å². The minimum atomic E-state index is -0.242. The van der Waals surface area contributed by atoms with Gasteiger partial charge in [-0.1, -0.05) is 17.7 Å². The second-order valence-electron chi connectivity index (χ2n) is 4.53. The van der Waals surface area contributed by atoms with Crippen molar-refractivity contribution in [3.8, 4) is 5.75 Å². The van der Waals surface area contributed by atoms with Crippen LogP contribution in [0.4, 0.5) is 0 Å². The minimum absolute atomic E-state index is 0. The molecule has 1 fully saturated rings. The van der Waals surface area contributed by atoms with Gasteiger partial charge in [0.2, 0.25) is 0 Å². The number of amides is 1. The fourth-order valence-corrected chi connectivity index (χ4v) is 2.14. The number of nitrogens with one attached hydrogen (secondary N) is 1. The number of hydrogen-bond donors (Lipinski definition) is 2. The molecule has 1 aromatic carbocycles. The van der Waals surface area contributed by atoms with Gasteiger partial charge in [-0.2, -0.15) is 0 Å². The Balaban J connectivity index is 0.00000180. The van der Waals surface area contributed by atoms with Gasteiger partial charge in [-0.25, -0.2) is 0 Å². The number of carbonyl (C=O) groups is 1. The summed E-state index contributed by atoms with van der Waals surface area (Å²) in [5, 5.41) is 3.19. The molecule has 0 saturated heterocycles. The molecule has 1 aliphatic carbocycles. The Labute approximate surface area is 124 Å². The van der Waals surface area contributed by atoms with E-state index < -0.39 is 0 Å². The van der Waals surface area contributed by atoms with E-state index >= 15 is 0 Å². The quantitative estimate of drug-likeness (QED) is 0.877. The predicted molar refractivity (Wildman–Crippen MR) is 78.3 cm³/mol. The molecule has 0 spiro atoms. The molecule has 4 nitrogen and oxygen atoms in total. The standard InChI is InChI=1S/C13H17ClN2O2.ClH/c1-18-11-4-2-3-9(14)12(11)13(17)16-7-10(15)8-5-6-8;/h2-4,8,10H,5-7,15H2,1H3,(H,16,17);1H. The topological polar surface area (TPSA) is 64.3 Å². The van der Waals surface area contributed by atoms with Crippen molar-refractivity contribution in [1.29, 1.82) is 0 Å². The fraction of sp³-hybridized carbons (Fsp3) is 0.462. The Morgan fingerprint density at radius 3 is 2.84 bits per heavy atom. The Hall–Kier alpha value is -0.970. The number of rotatable bonds is 5. The summed E-state index contributed by atoms with van der Waals surface area (Å²) < 4.78 is 5.14. The number of carbonyl (C=O) groups excluding carboxylic acids is 1. The molecule has 2 rings (SSSR count). The maximum atomic E-state index is 12.1. The number of ether oxygens (including phenoxy) is 1. The molecule has 1 aromatic rings. The zero-order valence-electron chi connectivity index (χ0n) is 10.7. The molecule has 0 radical (unpaired) electrons. The van der Waals surface area contributed by atoms with Gasteiger partial charge in [-0.15, -0.1) is 12.4 Å². The first-order valence-electron chi connectivity index (χ1n) is 5.99. The van der Waals surface area contributed by atoms with Crippen LogP contribution in [0.5, 0.6) is 5.75 Å². The van der Waals surface area contributed by atoms with Crippen LogP contribution in [0.25, 0.3) is 0 Å². The van der Waals surface area contributed by atoms with E-state index in [-0.39, 0.29) is 24.4 Å². The van der Waals surface area contributed by atoms with E-state index in [1.54, 1.807) is 18.2 Å². The molecule has 0 heterocycles. The summed E-state index contributed by atoms with van der Waals surface area (Å²) in [4.78, 5) is 12.1. The van der Waals surface area contributed by atoms with Crippen molar-refractivity contribution in [1.82, 2.24) is 5.32 Å². The van der Waals surface area contributed by atoms with Crippen LogP contribution in [-0.2, 0) is 0 Å². The molecule has 106 valence electrons. The van der Waals surface area contributed by atoms with Crippen LogP contribution in [0, 0.1) is 5.92 Å². The monoisotopic (exact) mass is 304 g/mol. The van der Waals surface area contributed by atoms with E-state index in [0.717, 1.165) is 12.8 Å². The van der Waals surface area contributed by atoms with E-state index in [0.29, 0.717) is 28.8 Å². The molecule has 1 saturated carbocycles. The van der Waals surface area contributed by atoms with Crippen molar-refractivity contribution in [3.05, 3.63) is 28.8 Å². The second kappa shape index (κ2) is 6.98. The molecular weight excluding hydrogens is 287 g/mol. The summed E-state index contributed by atoms with van der Waals surface area (Å²) in [5.74, 6) is 0.784. The van der Waals surface area contributed by atoms with Gasteiger partial charge in [-0.3, -0.25) is 4.79 Å². The van der Waals surface area contributed by atoms with Crippen LogP contribution in [0.3, 0.4) is 0 Å². The highest BCUT2D eigenvalue weighted by molar-refractivity contribution is 6.34. The van der Waals surface area contributed by atoms with Gasteiger partial charge >= 0.3 is 0 Å². The van der Waals surface area contributed by atoms with Crippen molar-refractivity contribution in [2.24, 2.45) is 11.7 Å².